The maximum absolute atomic E-state index is 12.4. The molecule has 0 aromatic rings. The molecular weight excluding hydrogens is 316 g/mol. The average molecular weight is 348 g/mol. The van der Waals surface area contributed by atoms with Crippen LogP contribution in [0, 0.1) is 17.2 Å². The quantitative estimate of drug-likeness (QED) is 0.762. The second-order valence-corrected chi connectivity index (χ2v) is 7.42. The molecule has 2 fully saturated rings. The molecule has 1 aliphatic heterocycles. The zero-order chi connectivity index (χ0) is 18.2. The van der Waals surface area contributed by atoms with E-state index in [-0.39, 0.29) is 23.8 Å². The third kappa shape index (κ3) is 5.43. The molecule has 1 saturated carbocycles. The van der Waals surface area contributed by atoms with Gasteiger partial charge in [0, 0.05) is 32.1 Å². The Balaban J connectivity index is 1.69. The zero-order valence-corrected chi connectivity index (χ0v) is 15.7. The number of likely N-dealkylation sites (tertiary alicyclic amines) is 1. The predicted molar refractivity (Wildman–Crippen MR) is 96.6 cm³/mol. The first kappa shape index (κ1) is 19.7. The van der Waals surface area contributed by atoms with Gasteiger partial charge in [0.05, 0.1) is 12.6 Å². The highest BCUT2D eigenvalue weighted by Gasteiger charge is 2.30. The number of unbranched alkanes of at least 4 members (excludes halogenated alkanes) is 1. The monoisotopic (exact) mass is 348 g/mol. The highest BCUT2D eigenvalue weighted by atomic mass is 16.2. The fraction of sp³-hybridized carbons (Fsp3) is 0.842. The van der Waals surface area contributed by atoms with E-state index in [0.29, 0.717) is 19.1 Å². The smallest absolute Gasteiger partial charge is 0.237 e. The number of nitrogens with zero attached hydrogens (tertiary/aromatic N) is 3. The Morgan fingerprint density at radius 1 is 1.24 bits per heavy atom. The van der Waals surface area contributed by atoms with Gasteiger partial charge in [-0.3, -0.25) is 9.59 Å². The van der Waals surface area contributed by atoms with E-state index < -0.39 is 0 Å². The Hall–Kier alpha value is -1.61. The molecule has 0 radical (unpaired) electrons. The van der Waals surface area contributed by atoms with Crippen molar-refractivity contribution in [3.63, 3.8) is 0 Å². The van der Waals surface area contributed by atoms with Crippen molar-refractivity contribution in [1.82, 2.24) is 15.1 Å². The molecule has 6 heteroatoms. The fourth-order valence-corrected chi connectivity index (χ4v) is 3.89. The Morgan fingerprint density at radius 3 is 2.60 bits per heavy atom. The molecule has 2 rings (SSSR count). The second-order valence-electron chi connectivity index (χ2n) is 7.42. The maximum Gasteiger partial charge on any atom is 0.237 e. The van der Waals surface area contributed by atoms with E-state index in [0.717, 1.165) is 57.9 Å². The predicted octanol–water partition coefficient (Wildman–Crippen LogP) is 1.91. The molecule has 1 saturated heterocycles. The zero-order valence-electron chi connectivity index (χ0n) is 15.7. The van der Waals surface area contributed by atoms with Crippen molar-refractivity contribution in [3.8, 4) is 6.07 Å². The summed E-state index contributed by atoms with van der Waals surface area (Å²) in [6.45, 7) is 3.98. The van der Waals surface area contributed by atoms with Crippen molar-refractivity contribution in [2.75, 3.05) is 26.7 Å². The van der Waals surface area contributed by atoms with Gasteiger partial charge in [-0.15, -0.1) is 0 Å². The lowest BCUT2D eigenvalue weighted by atomic mass is 9.85. The van der Waals surface area contributed by atoms with Crippen LogP contribution in [0.25, 0.3) is 0 Å². The Morgan fingerprint density at radius 2 is 1.96 bits per heavy atom. The topological polar surface area (TPSA) is 76.4 Å². The molecule has 0 unspecified atom stereocenters. The summed E-state index contributed by atoms with van der Waals surface area (Å²) >= 11 is 0. The van der Waals surface area contributed by atoms with Crippen LogP contribution in [0.4, 0.5) is 0 Å². The van der Waals surface area contributed by atoms with Gasteiger partial charge in [-0.05, 0) is 44.9 Å². The minimum atomic E-state index is -0.249. The third-order valence-electron chi connectivity index (χ3n) is 5.56. The van der Waals surface area contributed by atoms with E-state index in [9.17, 15) is 9.59 Å². The van der Waals surface area contributed by atoms with Gasteiger partial charge in [0.1, 0.15) is 6.04 Å². The number of rotatable bonds is 7. The standard InChI is InChI=1S/C19H32N4O2/c1-3-4-11-22(2)19(25)15-7-9-16(10-8-15)21-14-18(24)23-12-5-6-17(23)13-20/h15-17,21H,3-12,14H2,1-2H3/t15?,16?,17-/m0/s1. The van der Waals surface area contributed by atoms with Gasteiger partial charge in [-0.2, -0.15) is 5.26 Å². The van der Waals surface area contributed by atoms with Gasteiger partial charge in [-0.1, -0.05) is 13.3 Å². The van der Waals surface area contributed by atoms with E-state index in [2.05, 4.69) is 18.3 Å². The summed E-state index contributed by atoms with van der Waals surface area (Å²) in [6, 6.07) is 2.27. The number of hydrogen-bond donors (Lipinski definition) is 1. The lowest BCUT2D eigenvalue weighted by Gasteiger charge is -2.31. The maximum atomic E-state index is 12.4. The van der Waals surface area contributed by atoms with Crippen molar-refractivity contribution < 1.29 is 9.59 Å². The minimum absolute atomic E-state index is 0.0292. The SMILES string of the molecule is CCCCN(C)C(=O)C1CCC(NCC(=O)N2CCC[C@H]2C#N)CC1. The van der Waals surface area contributed by atoms with Crippen molar-refractivity contribution in [2.24, 2.45) is 5.92 Å². The Bertz CT molecular complexity index is 494. The lowest BCUT2D eigenvalue weighted by Crippen LogP contribution is -2.45. The molecular formula is C19H32N4O2. The molecule has 0 spiro atoms. The van der Waals surface area contributed by atoms with E-state index >= 15 is 0 Å². The molecule has 0 bridgehead atoms. The summed E-state index contributed by atoms with van der Waals surface area (Å²) in [5.74, 6) is 0.440. The highest BCUT2D eigenvalue weighted by molar-refractivity contribution is 5.79. The summed E-state index contributed by atoms with van der Waals surface area (Å²) in [7, 11) is 1.91. The van der Waals surface area contributed by atoms with E-state index in [1.807, 2.05) is 11.9 Å². The fourth-order valence-electron chi connectivity index (χ4n) is 3.89. The van der Waals surface area contributed by atoms with Crippen molar-refractivity contribution in [3.05, 3.63) is 0 Å². The van der Waals surface area contributed by atoms with Gasteiger partial charge in [0.15, 0.2) is 0 Å². The summed E-state index contributed by atoms with van der Waals surface area (Å²) < 4.78 is 0. The molecule has 0 aromatic heterocycles. The van der Waals surface area contributed by atoms with Crippen molar-refractivity contribution in [2.45, 2.75) is 70.4 Å². The largest absolute Gasteiger partial charge is 0.346 e. The number of carbonyl (C=O) groups excluding carboxylic acids is 2. The number of hydrogen-bond acceptors (Lipinski definition) is 4. The summed E-state index contributed by atoms with van der Waals surface area (Å²) in [5.41, 5.74) is 0. The highest BCUT2D eigenvalue weighted by Crippen LogP contribution is 2.26. The van der Waals surface area contributed by atoms with Gasteiger partial charge < -0.3 is 15.1 Å². The number of nitriles is 1. The lowest BCUT2D eigenvalue weighted by molar-refractivity contribution is -0.135. The van der Waals surface area contributed by atoms with Gasteiger partial charge in [0.2, 0.25) is 11.8 Å². The van der Waals surface area contributed by atoms with Crippen LogP contribution in [0.15, 0.2) is 0 Å². The average Bonchev–Trinajstić information content (AvgIpc) is 3.12. The van der Waals surface area contributed by atoms with Crippen LogP contribution in [0.5, 0.6) is 0 Å². The normalized spacial score (nSPS) is 26.3. The van der Waals surface area contributed by atoms with Gasteiger partial charge in [-0.25, -0.2) is 0 Å². The Kier molecular flexibility index (Phi) is 7.70. The first-order chi connectivity index (χ1) is 12.1. The molecule has 140 valence electrons. The van der Waals surface area contributed by atoms with E-state index in [1.165, 1.54) is 0 Å². The van der Waals surface area contributed by atoms with Crippen LogP contribution in [-0.4, -0.2) is 60.4 Å². The van der Waals surface area contributed by atoms with E-state index in [1.54, 1.807) is 4.90 Å². The molecule has 1 N–H and O–H groups in total. The van der Waals surface area contributed by atoms with Gasteiger partial charge >= 0.3 is 0 Å². The molecule has 2 amide bonds. The summed E-state index contributed by atoms with van der Waals surface area (Å²) in [5, 5.41) is 12.4. The molecule has 2 aliphatic rings. The van der Waals surface area contributed by atoms with E-state index in [4.69, 9.17) is 5.26 Å². The van der Waals surface area contributed by atoms with Crippen LogP contribution < -0.4 is 5.32 Å². The summed E-state index contributed by atoms with van der Waals surface area (Å²) in [6.07, 6.45) is 7.54. The molecule has 1 aliphatic carbocycles. The number of carbonyl (C=O) groups is 2. The van der Waals surface area contributed by atoms with Crippen LogP contribution in [0.2, 0.25) is 0 Å². The number of nitrogens with one attached hydrogen (secondary N) is 1. The minimum Gasteiger partial charge on any atom is -0.346 e. The molecule has 6 nitrogen and oxygen atoms in total. The molecule has 1 atom stereocenters. The van der Waals surface area contributed by atoms with Crippen LogP contribution in [0.3, 0.4) is 0 Å². The van der Waals surface area contributed by atoms with Crippen LogP contribution in [-0.2, 0) is 9.59 Å². The number of amides is 2. The molecule has 1 heterocycles. The van der Waals surface area contributed by atoms with Crippen molar-refractivity contribution in [1.29, 1.82) is 5.26 Å². The first-order valence-electron chi connectivity index (χ1n) is 9.74. The van der Waals surface area contributed by atoms with Crippen LogP contribution in [0.1, 0.15) is 58.3 Å². The molecule has 25 heavy (non-hydrogen) atoms. The first-order valence-corrected chi connectivity index (χ1v) is 9.74. The summed E-state index contributed by atoms with van der Waals surface area (Å²) in [4.78, 5) is 28.3. The second kappa shape index (κ2) is 9.76. The van der Waals surface area contributed by atoms with Crippen LogP contribution >= 0.6 is 0 Å². The van der Waals surface area contributed by atoms with Gasteiger partial charge in [0.25, 0.3) is 0 Å². The third-order valence-corrected chi connectivity index (χ3v) is 5.56. The van der Waals surface area contributed by atoms with Crippen molar-refractivity contribution >= 4 is 11.8 Å². The molecule has 0 aromatic carbocycles. The Labute approximate surface area is 151 Å².